The molecule has 1 aliphatic heterocycles. The molecule has 1 N–H and O–H groups in total. The lowest BCUT2D eigenvalue weighted by molar-refractivity contribution is -0.124. The minimum absolute atomic E-state index is 0.0393. The van der Waals surface area contributed by atoms with Gasteiger partial charge in [0.1, 0.15) is 16.6 Å². The maximum absolute atomic E-state index is 13.9. The Kier molecular flexibility index (Phi) is 6.42. The maximum atomic E-state index is 13.9. The average Bonchev–Trinajstić information content (AvgIpc) is 3.03. The zero-order chi connectivity index (χ0) is 20.3. The van der Waals surface area contributed by atoms with E-state index in [9.17, 15) is 13.6 Å². The molecule has 1 fully saturated rings. The van der Waals surface area contributed by atoms with Crippen LogP contribution in [0.2, 0.25) is 0 Å². The van der Waals surface area contributed by atoms with Crippen LogP contribution in [0.1, 0.15) is 25.8 Å². The van der Waals surface area contributed by atoms with Crippen molar-refractivity contribution in [3.63, 3.8) is 0 Å². The largest absolute Gasteiger partial charge is 0.350 e. The molecule has 28 heavy (non-hydrogen) atoms. The van der Waals surface area contributed by atoms with Gasteiger partial charge in [-0.25, -0.2) is 13.8 Å². The van der Waals surface area contributed by atoms with Gasteiger partial charge < -0.3 is 5.32 Å². The van der Waals surface area contributed by atoms with Gasteiger partial charge >= 0.3 is 0 Å². The highest BCUT2D eigenvalue weighted by Gasteiger charge is 2.22. The van der Waals surface area contributed by atoms with Crippen molar-refractivity contribution in [1.82, 2.24) is 20.1 Å². The second-order valence-corrected chi connectivity index (χ2v) is 9.02. The molecule has 1 aromatic heterocycles. The van der Waals surface area contributed by atoms with Crippen molar-refractivity contribution < 1.29 is 13.6 Å². The second kappa shape index (κ2) is 8.63. The fraction of sp³-hybridized carbons (Fsp3) is 0.500. The van der Waals surface area contributed by atoms with E-state index in [1.807, 2.05) is 20.8 Å². The summed E-state index contributed by atoms with van der Waals surface area (Å²) in [4.78, 5) is 20.9. The second-order valence-electron chi connectivity index (χ2n) is 8.07. The minimum atomic E-state index is -0.598. The standard InChI is InChI=1S/C20H26F2N4OS/c1-20(2,3)24-17(27)11-25-7-9-26(10-8-25)12-18-23-16(13-28-18)19-14(21)5-4-6-15(19)22/h4-6,13H,7-12H2,1-3H3,(H,24,27). The molecule has 2 aromatic rings. The molecule has 1 aliphatic rings. The van der Waals surface area contributed by atoms with Gasteiger partial charge in [-0.15, -0.1) is 11.3 Å². The summed E-state index contributed by atoms with van der Waals surface area (Å²) in [6, 6.07) is 3.83. The van der Waals surface area contributed by atoms with Crippen LogP contribution in [-0.4, -0.2) is 59.0 Å². The van der Waals surface area contributed by atoms with E-state index in [1.165, 1.54) is 29.5 Å². The quantitative estimate of drug-likeness (QED) is 0.826. The van der Waals surface area contributed by atoms with Crippen LogP contribution in [-0.2, 0) is 11.3 Å². The molecule has 1 amide bonds. The topological polar surface area (TPSA) is 48.5 Å². The molecule has 0 spiro atoms. The van der Waals surface area contributed by atoms with Crippen LogP contribution in [0.5, 0.6) is 0 Å². The third-order valence-corrected chi connectivity index (χ3v) is 5.31. The number of piperazine rings is 1. The number of halogens is 2. The molecule has 1 saturated heterocycles. The summed E-state index contributed by atoms with van der Waals surface area (Å²) in [6.07, 6.45) is 0. The Bertz CT molecular complexity index is 806. The SMILES string of the molecule is CC(C)(C)NC(=O)CN1CCN(Cc2nc(-c3c(F)cccc3F)cs2)CC1. The van der Waals surface area contributed by atoms with Crippen LogP contribution in [0.25, 0.3) is 11.3 Å². The van der Waals surface area contributed by atoms with Gasteiger partial charge in [0.15, 0.2) is 0 Å². The number of nitrogens with zero attached hydrogens (tertiary/aromatic N) is 3. The number of hydrogen-bond donors (Lipinski definition) is 1. The van der Waals surface area contributed by atoms with Crippen LogP contribution in [0.4, 0.5) is 8.78 Å². The summed E-state index contributed by atoms with van der Waals surface area (Å²) in [6.45, 7) is 10.2. The van der Waals surface area contributed by atoms with Gasteiger partial charge in [0.2, 0.25) is 5.91 Å². The summed E-state index contributed by atoms with van der Waals surface area (Å²) in [5, 5.41) is 5.51. The number of hydrogen-bond acceptors (Lipinski definition) is 5. The zero-order valence-electron chi connectivity index (χ0n) is 16.5. The first-order valence-corrected chi connectivity index (χ1v) is 10.2. The van der Waals surface area contributed by atoms with Crippen LogP contribution in [0.3, 0.4) is 0 Å². The Morgan fingerprint density at radius 3 is 2.36 bits per heavy atom. The molecule has 0 unspecified atom stereocenters. The Morgan fingerprint density at radius 2 is 1.75 bits per heavy atom. The molecular formula is C20H26F2N4OS. The predicted octanol–water partition coefficient (Wildman–Crippen LogP) is 3.12. The van der Waals surface area contributed by atoms with Crippen molar-refractivity contribution in [2.45, 2.75) is 32.9 Å². The van der Waals surface area contributed by atoms with Crippen molar-refractivity contribution in [1.29, 1.82) is 0 Å². The number of carbonyl (C=O) groups is 1. The van der Waals surface area contributed by atoms with Crippen LogP contribution >= 0.6 is 11.3 Å². The lowest BCUT2D eigenvalue weighted by Gasteiger charge is -2.34. The molecule has 2 heterocycles. The van der Waals surface area contributed by atoms with E-state index in [-0.39, 0.29) is 17.0 Å². The average molecular weight is 409 g/mol. The highest BCUT2D eigenvalue weighted by molar-refractivity contribution is 7.09. The van der Waals surface area contributed by atoms with Crippen molar-refractivity contribution in [3.8, 4) is 11.3 Å². The summed E-state index contributed by atoms with van der Waals surface area (Å²) in [5.74, 6) is -1.16. The molecule has 0 atom stereocenters. The van der Waals surface area contributed by atoms with Crippen LogP contribution in [0.15, 0.2) is 23.6 Å². The highest BCUT2D eigenvalue weighted by atomic mass is 32.1. The van der Waals surface area contributed by atoms with E-state index >= 15 is 0 Å². The number of nitrogens with one attached hydrogen (secondary N) is 1. The molecule has 0 bridgehead atoms. The van der Waals surface area contributed by atoms with Crippen molar-refractivity contribution in [2.75, 3.05) is 32.7 Å². The Labute approximate surface area is 168 Å². The van der Waals surface area contributed by atoms with Gasteiger partial charge in [0.05, 0.1) is 24.3 Å². The van der Waals surface area contributed by atoms with Gasteiger partial charge in [0.25, 0.3) is 0 Å². The van der Waals surface area contributed by atoms with Gasteiger partial charge in [-0.3, -0.25) is 14.6 Å². The zero-order valence-corrected chi connectivity index (χ0v) is 17.3. The lowest BCUT2D eigenvalue weighted by Crippen LogP contribution is -2.51. The third-order valence-electron chi connectivity index (χ3n) is 4.48. The summed E-state index contributed by atoms with van der Waals surface area (Å²) in [7, 11) is 0. The van der Waals surface area contributed by atoms with Crippen molar-refractivity contribution in [2.24, 2.45) is 0 Å². The summed E-state index contributed by atoms with van der Waals surface area (Å²) in [5.41, 5.74) is 0.0480. The van der Waals surface area contributed by atoms with E-state index in [0.717, 1.165) is 31.2 Å². The molecule has 0 radical (unpaired) electrons. The van der Waals surface area contributed by atoms with Gasteiger partial charge in [-0.05, 0) is 32.9 Å². The Balaban J connectivity index is 1.52. The fourth-order valence-electron chi connectivity index (χ4n) is 3.20. The smallest absolute Gasteiger partial charge is 0.234 e. The van der Waals surface area contributed by atoms with Gasteiger partial charge in [-0.1, -0.05) is 6.07 Å². The molecule has 5 nitrogen and oxygen atoms in total. The third kappa shape index (κ3) is 5.56. The molecule has 152 valence electrons. The molecule has 3 rings (SSSR count). The summed E-state index contributed by atoms with van der Waals surface area (Å²) >= 11 is 1.41. The monoisotopic (exact) mass is 408 g/mol. The molecule has 1 aromatic carbocycles. The first-order chi connectivity index (χ1) is 13.2. The van der Waals surface area contributed by atoms with Crippen LogP contribution in [0, 0.1) is 11.6 Å². The number of benzene rings is 1. The molecule has 0 aliphatic carbocycles. The number of amides is 1. The number of aromatic nitrogens is 1. The normalized spacial score (nSPS) is 16.3. The van der Waals surface area contributed by atoms with E-state index in [1.54, 1.807) is 5.38 Å². The Morgan fingerprint density at radius 1 is 1.14 bits per heavy atom. The van der Waals surface area contributed by atoms with Crippen molar-refractivity contribution >= 4 is 17.2 Å². The van der Waals surface area contributed by atoms with Gasteiger partial charge in [0, 0.05) is 37.1 Å². The lowest BCUT2D eigenvalue weighted by atomic mass is 10.1. The van der Waals surface area contributed by atoms with E-state index < -0.39 is 11.6 Å². The first-order valence-electron chi connectivity index (χ1n) is 9.36. The van der Waals surface area contributed by atoms with Crippen molar-refractivity contribution in [3.05, 3.63) is 40.2 Å². The van der Waals surface area contributed by atoms with E-state index in [4.69, 9.17) is 0 Å². The molecule has 8 heteroatoms. The maximum Gasteiger partial charge on any atom is 0.234 e. The first kappa shape index (κ1) is 20.8. The molecular weight excluding hydrogens is 382 g/mol. The van der Waals surface area contributed by atoms with E-state index in [2.05, 4.69) is 20.1 Å². The number of rotatable bonds is 5. The fourth-order valence-corrected chi connectivity index (χ4v) is 4.02. The Hall–Kier alpha value is -1.90. The van der Waals surface area contributed by atoms with Crippen LogP contribution < -0.4 is 5.32 Å². The predicted molar refractivity (Wildman–Crippen MR) is 107 cm³/mol. The molecule has 0 saturated carbocycles. The number of thiazole rings is 1. The van der Waals surface area contributed by atoms with E-state index in [0.29, 0.717) is 18.8 Å². The van der Waals surface area contributed by atoms with Gasteiger partial charge in [-0.2, -0.15) is 0 Å². The minimum Gasteiger partial charge on any atom is -0.350 e. The number of carbonyl (C=O) groups excluding carboxylic acids is 1. The summed E-state index contributed by atoms with van der Waals surface area (Å²) < 4.78 is 27.9. The highest BCUT2D eigenvalue weighted by Crippen LogP contribution is 2.27.